The minimum atomic E-state index is -0.641. The molecular formula is C11H15NO2. The van der Waals surface area contributed by atoms with E-state index in [1.54, 1.807) is 0 Å². The summed E-state index contributed by atoms with van der Waals surface area (Å²) in [6.07, 6.45) is 4.28. The van der Waals surface area contributed by atoms with Crippen molar-refractivity contribution in [3.05, 3.63) is 23.0 Å². The van der Waals surface area contributed by atoms with Crippen molar-refractivity contribution >= 4 is 5.97 Å². The second-order valence-electron chi connectivity index (χ2n) is 4.34. The van der Waals surface area contributed by atoms with E-state index in [9.17, 15) is 4.79 Å². The number of aliphatic carboxylic acids is 1. The molecule has 0 amide bonds. The van der Waals surface area contributed by atoms with Crippen LogP contribution in [0.2, 0.25) is 0 Å². The Hall–Kier alpha value is -1.25. The summed E-state index contributed by atoms with van der Waals surface area (Å²) in [7, 11) is 0. The highest BCUT2D eigenvalue weighted by Gasteiger charge is 2.50. The fourth-order valence-electron chi connectivity index (χ4n) is 1.91. The Bertz CT molecular complexity index is 355. The lowest BCUT2D eigenvalue weighted by Gasteiger charge is -2.10. The van der Waals surface area contributed by atoms with Gasteiger partial charge in [-0.15, -0.1) is 0 Å². The van der Waals surface area contributed by atoms with Crippen LogP contribution in [0.15, 0.2) is 6.20 Å². The Labute approximate surface area is 83.1 Å². The van der Waals surface area contributed by atoms with Crippen LogP contribution in [0.25, 0.3) is 0 Å². The predicted molar refractivity (Wildman–Crippen MR) is 53.3 cm³/mol. The molecule has 0 saturated heterocycles. The number of H-pyrrole nitrogens is 1. The van der Waals surface area contributed by atoms with E-state index in [0.717, 1.165) is 18.5 Å². The van der Waals surface area contributed by atoms with Gasteiger partial charge in [0.05, 0.1) is 5.41 Å². The van der Waals surface area contributed by atoms with E-state index >= 15 is 0 Å². The van der Waals surface area contributed by atoms with E-state index in [1.165, 1.54) is 11.1 Å². The number of aromatic nitrogens is 1. The summed E-state index contributed by atoms with van der Waals surface area (Å²) in [5, 5.41) is 9.07. The smallest absolute Gasteiger partial charge is 0.309 e. The van der Waals surface area contributed by atoms with Gasteiger partial charge < -0.3 is 10.1 Å². The van der Waals surface area contributed by atoms with Crippen LogP contribution in [0, 0.1) is 19.3 Å². The van der Waals surface area contributed by atoms with Crippen LogP contribution < -0.4 is 0 Å². The fraction of sp³-hybridized carbons (Fsp3) is 0.545. The highest BCUT2D eigenvalue weighted by atomic mass is 16.4. The van der Waals surface area contributed by atoms with E-state index in [-0.39, 0.29) is 0 Å². The molecule has 2 N–H and O–H groups in total. The third kappa shape index (κ3) is 1.33. The summed E-state index contributed by atoms with van der Waals surface area (Å²) in [6.45, 7) is 4.02. The summed E-state index contributed by atoms with van der Waals surface area (Å²) in [5.74, 6) is -0.641. The lowest BCUT2D eigenvalue weighted by molar-refractivity contribution is -0.143. The van der Waals surface area contributed by atoms with E-state index in [2.05, 4.69) is 4.98 Å². The van der Waals surface area contributed by atoms with Gasteiger partial charge in [-0.05, 0) is 44.2 Å². The maximum atomic E-state index is 11.0. The van der Waals surface area contributed by atoms with E-state index in [1.807, 2.05) is 20.0 Å². The summed E-state index contributed by atoms with van der Waals surface area (Å²) < 4.78 is 0. The second kappa shape index (κ2) is 2.87. The topological polar surface area (TPSA) is 53.1 Å². The van der Waals surface area contributed by atoms with Crippen LogP contribution in [-0.2, 0) is 11.2 Å². The Morgan fingerprint density at radius 3 is 2.57 bits per heavy atom. The normalized spacial score (nSPS) is 18.1. The standard InChI is InChI=1S/C11H15NO2/c1-7-6-12-8(2)9(7)5-11(3-4-11)10(13)14/h6,12H,3-5H2,1-2H3,(H,13,14). The zero-order chi connectivity index (χ0) is 10.3. The maximum absolute atomic E-state index is 11.0. The first-order valence-corrected chi connectivity index (χ1v) is 4.92. The number of carboxylic acid groups (broad SMARTS) is 1. The van der Waals surface area contributed by atoms with E-state index < -0.39 is 11.4 Å². The molecule has 1 heterocycles. The van der Waals surface area contributed by atoms with Crippen LogP contribution in [-0.4, -0.2) is 16.1 Å². The monoisotopic (exact) mass is 193 g/mol. The maximum Gasteiger partial charge on any atom is 0.309 e. The van der Waals surface area contributed by atoms with Crippen molar-refractivity contribution in [1.29, 1.82) is 0 Å². The van der Waals surface area contributed by atoms with Gasteiger partial charge in [0.2, 0.25) is 0 Å². The summed E-state index contributed by atoms with van der Waals surface area (Å²) >= 11 is 0. The summed E-state index contributed by atoms with van der Waals surface area (Å²) in [6, 6.07) is 0. The molecule has 2 rings (SSSR count). The number of nitrogens with one attached hydrogen (secondary N) is 1. The largest absolute Gasteiger partial charge is 0.481 e. The molecule has 0 spiro atoms. The van der Waals surface area contributed by atoms with Crippen LogP contribution >= 0.6 is 0 Å². The molecule has 14 heavy (non-hydrogen) atoms. The lowest BCUT2D eigenvalue weighted by atomic mass is 9.95. The van der Waals surface area contributed by atoms with Crippen molar-refractivity contribution < 1.29 is 9.90 Å². The van der Waals surface area contributed by atoms with Crippen molar-refractivity contribution in [3.8, 4) is 0 Å². The first-order valence-electron chi connectivity index (χ1n) is 4.92. The van der Waals surface area contributed by atoms with Gasteiger partial charge in [0, 0.05) is 11.9 Å². The average molecular weight is 193 g/mol. The molecule has 0 bridgehead atoms. The number of hydrogen-bond donors (Lipinski definition) is 2. The molecule has 0 aliphatic heterocycles. The zero-order valence-corrected chi connectivity index (χ0v) is 8.55. The van der Waals surface area contributed by atoms with E-state index in [4.69, 9.17) is 5.11 Å². The molecule has 3 heteroatoms. The van der Waals surface area contributed by atoms with Crippen LogP contribution in [0.3, 0.4) is 0 Å². The minimum Gasteiger partial charge on any atom is -0.481 e. The molecule has 1 aliphatic carbocycles. The zero-order valence-electron chi connectivity index (χ0n) is 8.55. The van der Waals surface area contributed by atoms with Crippen LogP contribution in [0.4, 0.5) is 0 Å². The molecule has 0 aromatic carbocycles. The van der Waals surface area contributed by atoms with Crippen molar-refractivity contribution in [2.75, 3.05) is 0 Å². The van der Waals surface area contributed by atoms with Gasteiger partial charge in [-0.2, -0.15) is 0 Å². The van der Waals surface area contributed by atoms with Crippen molar-refractivity contribution in [1.82, 2.24) is 4.98 Å². The Morgan fingerprint density at radius 2 is 2.21 bits per heavy atom. The lowest BCUT2D eigenvalue weighted by Crippen LogP contribution is -2.18. The summed E-state index contributed by atoms with van der Waals surface area (Å²) in [4.78, 5) is 14.2. The predicted octanol–water partition coefficient (Wildman–Crippen LogP) is 2.04. The number of aryl methyl sites for hydroxylation is 2. The number of hydrogen-bond acceptors (Lipinski definition) is 1. The molecule has 1 aliphatic rings. The molecular weight excluding hydrogens is 178 g/mol. The van der Waals surface area contributed by atoms with Gasteiger partial charge in [-0.25, -0.2) is 0 Å². The first-order chi connectivity index (χ1) is 6.55. The number of aromatic amines is 1. The Morgan fingerprint density at radius 1 is 1.57 bits per heavy atom. The summed E-state index contributed by atoms with van der Waals surface area (Å²) in [5.41, 5.74) is 3.02. The van der Waals surface area contributed by atoms with Gasteiger partial charge >= 0.3 is 5.97 Å². The molecule has 1 aromatic rings. The Balaban J connectivity index is 2.23. The molecule has 0 radical (unpaired) electrons. The molecule has 0 atom stereocenters. The Kier molecular flexibility index (Phi) is 1.91. The van der Waals surface area contributed by atoms with Gasteiger partial charge in [-0.1, -0.05) is 0 Å². The first kappa shape index (κ1) is 9.31. The van der Waals surface area contributed by atoms with Gasteiger partial charge in [0.1, 0.15) is 0 Å². The number of carboxylic acids is 1. The van der Waals surface area contributed by atoms with Crippen molar-refractivity contribution in [3.63, 3.8) is 0 Å². The number of rotatable bonds is 3. The van der Waals surface area contributed by atoms with Crippen molar-refractivity contribution in [2.24, 2.45) is 5.41 Å². The number of carbonyl (C=O) groups is 1. The average Bonchev–Trinajstić information content (AvgIpc) is 2.84. The molecule has 0 unspecified atom stereocenters. The van der Waals surface area contributed by atoms with Gasteiger partial charge in [-0.3, -0.25) is 4.79 Å². The molecule has 1 saturated carbocycles. The molecule has 3 nitrogen and oxygen atoms in total. The van der Waals surface area contributed by atoms with Crippen LogP contribution in [0.5, 0.6) is 0 Å². The molecule has 1 aromatic heterocycles. The highest BCUT2D eigenvalue weighted by Crippen LogP contribution is 2.49. The SMILES string of the molecule is Cc1c[nH]c(C)c1CC1(C(=O)O)CC1. The van der Waals surface area contributed by atoms with Crippen LogP contribution in [0.1, 0.15) is 29.7 Å². The quantitative estimate of drug-likeness (QED) is 0.771. The fourth-order valence-corrected chi connectivity index (χ4v) is 1.91. The van der Waals surface area contributed by atoms with E-state index in [0.29, 0.717) is 6.42 Å². The minimum absolute atomic E-state index is 0.447. The molecule has 1 fully saturated rings. The van der Waals surface area contributed by atoms with Gasteiger partial charge in [0.15, 0.2) is 0 Å². The van der Waals surface area contributed by atoms with Gasteiger partial charge in [0.25, 0.3) is 0 Å². The highest BCUT2D eigenvalue weighted by molar-refractivity contribution is 5.78. The third-order valence-corrected chi connectivity index (χ3v) is 3.26. The second-order valence-corrected chi connectivity index (χ2v) is 4.34. The van der Waals surface area contributed by atoms with Crippen molar-refractivity contribution in [2.45, 2.75) is 33.1 Å². The molecule has 76 valence electrons. The third-order valence-electron chi connectivity index (χ3n) is 3.26.